The summed E-state index contributed by atoms with van der Waals surface area (Å²) in [6, 6.07) is 16.2. The maximum absolute atomic E-state index is 12.7. The van der Waals surface area contributed by atoms with Crippen molar-refractivity contribution in [3.05, 3.63) is 65.2 Å². The average Bonchev–Trinajstić information content (AvgIpc) is 3.03. The summed E-state index contributed by atoms with van der Waals surface area (Å²) >= 11 is 0. The summed E-state index contributed by atoms with van der Waals surface area (Å²) in [6.45, 7) is 10.9. The molecule has 3 rings (SSSR count). The van der Waals surface area contributed by atoms with Gasteiger partial charge in [0.2, 0.25) is 11.8 Å². The molecule has 2 amide bonds. The highest BCUT2D eigenvalue weighted by Crippen LogP contribution is 2.29. The largest absolute Gasteiger partial charge is 0.349 e. The van der Waals surface area contributed by atoms with Gasteiger partial charge in [-0.1, -0.05) is 62.7 Å². The summed E-state index contributed by atoms with van der Waals surface area (Å²) in [6.07, 6.45) is 0.257. The molecule has 2 aromatic carbocycles. The van der Waals surface area contributed by atoms with Crippen molar-refractivity contribution in [3.8, 4) is 0 Å². The van der Waals surface area contributed by atoms with Crippen molar-refractivity contribution in [1.29, 1.82) is 0 Å². The topological polar surface area (TPSA) is 49.4 Å². The van der Waals surface area contributed by atoms with Crippen molar-refractivity contribution in [1.82, 2.24) is 5.32 Å². The van der Waals surface area contributed by atoms with Gasteiger partial charge in [-0.3, -0.25) is 9.59 Å². The fourth-order valence-corrected chi connectivity index (χ4v) is 3.54. The standard InChI is InChI=1S/C24H30N2O2/c1-16-6-8-18(9-7-16)17(2)25-23(28)19-14-22(27)26(15-19)21-12-10-20(11-13-21)24(3,4)5/h6-13,17,19H,14-15H2,1-5H3,(H,25,28)/t17-,19-/m0/s1. The molecule has 28 heavy (non-hydrogen) atoms. The third-order valence-electron chi connectivity index (χ3n) is 5.48. The Balaban J connectivity index is 1.65. The molecule has 1 heterocycles. The Kier molecular flexibility index (Phi) is 5.59. The van der Waals surface area contributed by atoms with E-state index in [4.69, 9.17) is 0 Å². The van der Waals surface area contributed by atoms with Crippen LogP contribution in [0.3, 0.4) is 0 Å². The van der Waals surface area contributed by atoms with E-state index in [2.05, 4.69) is 38.2 Å². The van der Waals surface area contributed by atoms with Crippen LogP contribution in [-0.4, -0.2) is 18.4 Å². The SMILES string of the molecule is Cc1ccc([C@H](C)NC(=O)[C@H]2CC(=O)N(c3ccc(C(C)(C)C)cc3)C2)cc1. The van der Waals surface area contributed by atoms with Crippen LogP contribution in [0.15, 0.2) is 48.5 Å². The molecule has 2 atom stereocenters. The maximum atomic E-state index is 12.7. The Morgan fingerprint density at radius 1 is 1.07 bits per heavy atom. The van der Waals surface area contributed by atoms with E-state index in [1.165, 1.54) is 11.1 Å². The molecular formula is C24H30N2O2. The Labute approximate surface area is 167 Å². The lowest BCUT2D eigenvalue weighted by molar-refractivity contribution is -0.126. The van der Waals surface area contributed by atoms with E-state index in [0.29, 0.717) is 6.54 Å². The van der Waals surface area contributed by atoms with Crippen LogP contribution in [0.2, 0.25) is 0 Å². The first kappa shape index (κ1) is 20.1. The van der Waals surface area contributed by atoms with Crippen LogP contribution in [0.4, 0.5) is 5.69 Å². The van der Waals surface area contributed by atoms with Crippen LogP contribution in [0.5, 0.6) is 0 Å². The first-order chi connectivity index (χ1) is 13.1. The lowest BCUT2D eigenvalue weighted by Gasteiger charge is -2.22. The van der Waals surface area contributed by atoms with Crippen molar-refractivity contribution in [3.63, 3.8) is 0 Å². The molecule has 0 bridgehead atoms. The lowest BCUT2D eigenvalue weighted by atomic mass is 9.87. The molecule has 148 valence electrons. The van der Waals surface area contributed by atoms with Crippen LogP contribution in [0.25, 0.3) is 0 Å². The molecule has 1 N–H and O–H groups in total. The number of benzene rings is 2. The second-order valence-corrected chi connectivity index (χ2v) is 8.84. The second kappa shape index (κ2) is 7.78. The zero-order valence-electron chi connectivity index (χ0n) is 17.5. The highest BCUT2D eigenvalue weighted by Gasteiger charge is 2.35. The monoisotopic (exact) mass is 378 g/mol. The molecule has 0 saturated carbocycles. The van der Waals surface area contributed by atoms with Crippen molar-refractivity contribution in [2.24, 2.45) is 5.92 Å². The third-order valence-corrected chi connectivity index (χ3v) is 5.48. The van der Waals surface area contributed by atoms with Crippen molar-refractivity contribution in [2.75, 3.05) is 11.4 Å². The number of carbonyl (C=O) groups is 2. The summed E-state index contributed by atoms with van der Waals surface area (Å²) in [5.41, 5.74) is 4.42. The summed E-state index contributed by atoms with van der Waals surface area (Å²) in [5, 5.41) is 3.06. The summed E-state index contributed by atoms with van der Waals surface area (Å²) in [5.74, 6) is -0.371. The normalized spacial score (nSPS) is 18.2. The number of anilines is 1. The quantitative estimate of drug-likeness (QED) is 0.850. The van der Waals surface area contributed by atoms with E-state index in [9.17, 15) is 9.59 Å². The van der Waals surface area contributed by atoms with E-state index >= 15 is 0 Å². The highest BCUT2D eigenvalue weighted by atomic mass is 16.2. The van der Waals surface area contributed by atoms with Gasteiger partial charge >= 0.3 is 0 Å². The number of hydrogen-bond donors (Lipinski definition) is 1. The molecular weight excluding hydrogens is 348 g/mol. The van der Waals surface area contributed by atoms with Crippen LogP contribution in [0.1, 0.15) is 56.8 Å². The minimum Gasteiger partial charge on any atom is -0.349 e. The third kappa shape index (κ3) is 4.44. The fourth-order valence-electron chi connectivity index (χ4n) is 3.54. The Hall–Kier alpha value is -2.62. The second-order valence-electron chi connectivity index (χ2n) is 8.84. The molecule has 0 aromatic heterocycles. The number of hydrogen-bond acceptors (Lipinski definition) is 2. The van der Waals surface area contributed by atoms with Crippen LogP contribution < -0.4 is 10.2 Å². The molecule has 1 saturated heterocycles. The Morgan fingerprint density at radius 3 is 2.25 bits per heavy atom. The van der Waals surface area contributed by atoms with Gasteiger partial charge in [0.15, 0.2) is 0 Å². The van der Waals surface area contributed by atoms with Gasteiger partial charge < -0.3 is 10.2 Å². The number of rotatable bonds is 4. The number of nitrogens with one attached hydrogen (secondary N) is 1. The summed E-state index contributed by atoms with van der Waals surface area (Å²) < 4.78 is 0. The molecule has 2 aromatic rings. The summed E-state index contributed by atoms with van der Waals surface area (Å²) in [7, 11) is 0. The van der Waals surface area contributed by atoms with Crippen molar-refractivity contribution >= 4 is 17.5 Å². The van der Waals surface area contributed by atoms with Crippen molar-refractivity contribution < 1.29 is 9.59 Å². The highest BCUT2D eigenvalue weighted by molar-refractivity contribution is 6.00. The molecule has 0 unspecified atom stereocenters. The minimum atomic E-state index is -0.317. The van der Waals surface area contributed by atoms with Crippen LogP contribution >= 0.6 is 0 Å². The van der Waals surface area contributed by atoms with E-state index in [1.807, 2.05) is 50.2 Å². The van der Waals surface area contributed by atoms with Gasteiger partial charge in [0.1, 0.15) is 0 Å². The molecule has 1 fully saturated rings. The van der Waals surface area contributed by atoms with Gasteiger partial charge in [-0.25, -0.2) is 0 Å². The number of nitrogens with zero attached hydrogens (tertiary/aromatic N) is 1. The maximum Gasteiger partial charge on any atom is 0.227 e. The van der Waals surface area contributed by atoms with Crippen LogP contribution in [0, 0.1) is 12.8 Å². The predicted octanol–water partition coefficient (Wildman–Crippen LogP) is 4.52. The Bertz CT molecular complexity index is 848. The van der Waals surface area contributed by atoms with Gasteiger partial charge in [-0.2, -0.15) is 0 Å². The fraction of sp³-hybridized carbons (Fsp3) is 0.417. The molecule has 1 aliphatic heterocycles. The lowest BCUT2D eigenvalue weighted by Crippen LogP contribution is -2.34. The molecule has 4 nitrogen and oxygen atoms in total. The minimum absolute atomic E-state index is 0.00616. The summed E-state index contributed by atoms with van der Waals surface area (Å²) in [4.78, 5) is 27.0. The predicted molar refractivity (Wildman–Crippen MR) is 113 cm³/mol. The molecule has 0 radical (unpaired) electrons. The smallest absolute Gasteiger partial charge is 0.227 e. The van der Waals surface area contributed by atoms with Crippen molar-refractivity contribution in [2.45, 2.75) is 52.5 Å². The van der Waals surface area contributed by atoms with Crippen LogP contribution in [-0.2, 0) is 15.0 Å². The zero-order valence-corrected chi connectivity index (χ0v) is 17.5. The number of aryl methyl sites for hydroxylation is 1. The van der Waals surface area contributed by atoms with E-state index in [1.54, 1.807) is 4.90 Å². The van der Waals surface area contributed by atoms with Gasteiger partial charge in [0.25, 0.3) is 0 Å². The first-order valence-electron chi connectivity index (χ1n) is 9.93. The van der Waals surface area contributed by atoms with Gasteiger partial charge in [0, 0.05) is 18.7 Å². The zero-order chi connectivity index (χ0) is 20.5. The molecule has 1 aliphatic rings. The molecule has 4 heteroatoms. The van der Waals surface area contributed by atoms with E-state index in [-0.39, 0.29) is 35.6 Å². The molecule has 0 spiro atoms. The Morgan fingerprint density at radius 2 is 1.68 bits per heavy atom. The molecule has 0 aliphatic carbocycles. The van der Waals surface area contributed by atoms with Gasteiger partial charge in [-0.15, -0.1) is 0 Å². The first-order valence-corrected chi connectivity index (χ1v) is 9.93. The van der Waals surface area contributed by atoms with Gasteiger partial charge in [0.05, 0.1) is 12.0 Å². The average molecular weight is 379 g/mol. The van der Waals surface area contributed by atoms with E-state index < -0.39 is 0 Å². The van der Waals surface area contributed by atoms with Gasteiger partial charge in [-0.05, 0) is 42.5 Å². The number of amides is 2. The van der Waals surface area contributed by atoms with E-state index in [0.717, 1.165) is 11.3 Å². The number of carbonyl (C=O) groups excluding carboxylic acids is 2.